The maximum Gasteiger partial charge on any atom is 0.239 e. The molecule has 2 aromatic rings. The van der Waals surface area contributed by atoms with Crippen LogP contribution in [-0.2, 0) is 4.79 Å². The molecule has 0 spiro atoms. The number of carbonyl (C=O) groups is 1. The number of piperidine rings is 1. The van der Waals surface area contributed by atoms with Gasteiger partial charge in [0, 0.05) is 25.7 Å². The lowest BCUT2D eigenvalue weighted by atomic mass is 9.92. The van der Waals surface area contributed by atoms with Crippen molar-refractivity contribution in [3.05, 3.63) is 59.2 Å². The van der Waals surface area contributed by atoms with Gasteiger partial charge in [0.25, 0.3) is 0 Å². The molecule has 0 saturated carbocycles. The van der Waals surface area contributed by atoms with Gasteiger partial charge >= 0.3 is 0 Å². The van der Waals surface area contributed by atoms with E-state index in [-0.39, 0.29) is 11.9 Å². The number of nitrogens with zero attached hydrogens (tertiary/aromatic N) is 1. The van der Waals surface area contributed by atoms with E-state index in [1.165, 1.54) is 0 Å². The van der Waals surface area contributed by atoms with E-state index < -0.39 is 18.2 Å². The minimum absolute atomic E-state index is 0.268. The van der Waals surface area contributed by atoms with Gasteiger partial charge in [0.2, 0.25) is 5.91 Å². The minimum Gasteiger partial charge on any atom is -0.486 e. The number of nitrogens with two attached hydrogens (primary N) is 1. The molecule has 3 unspecified atom stereocenters. The van der Waals surface area contributed by atoms with Crippen LogP contribution >= 0.6 is 0 Å². The molecule has 2 aliphatic heterocycles. The van der Waals surface area contributed by atoms with Crippen LogP contribution in [0, 0.1) is 13.8 Å². The van der Waals surface area contributed by atoms with Crippen molar-refractivity contribution in [3.8, 4) is 11.5 Å². The Hall–Kier alpha value is -2.61. The average molecular weight is 440 g/mol. The summed E-state index contributed by atoms with van der Waals surface area (Å²) in [6.45, 7) is 6.36. The zero-order valence-electron chi connectivity index (χ0n) is 18.8. The smallest absolute Gasteiger partial charge is 0.239 e. The minimum atomic E-state index is -0.672. The predicted molar refractivity (Wildman–Crippen MR) is 123 cm³/mol. The standard InChI is InChI=1S/C25H33N3O4/c1-16-6-5-7-17(2)23(16)24(25(26)30)28-12-10-18(11-13-28)27-14-19(29)22-15-31-20-8-3-4-9-21(20)32-22/h3-9,18-19,22,24,27,29H,10-15H2,1-2H3,(H2,26,30). The zero-order chi connectivity index (χ0) is 22.7. The van der Waals surface area contributed by atoms with Gasteiger partial charge in [-0.05, 0) is 55.5 Å². The van der Waals surface area contributed by atoms with E-state index in [0.717, 1.165) is 42.6 Å². The Morgan fingerprint density at radius 3 is 2.44 bits per heavy atom. The molecule has 4 N–H and O–H groups in total. The third kappa shape index (κ3) is 4.90. The van der Waals surface area contributed by atoms with Gasteiger partial charge in [-0.3, -0.25) is 9.69 Å². The molecule has 0 aliphatic carbocycles. The quantitative estimate of drug-likeness (QED) is 0.611. The van der Waals surface area contributed by atoms with Crippen LogP contribution < -0.4 is 20.5 Å². The monoisotopic (exact) mass is 439 g/mol. The highest BCUT2D eigenvalue weighted by Gasteiger charge is 2.32. The fraction of sp³-hybridized carbons (Fsp3) is 0.480. The van der Waals surface area contributed by atoms with Crippen molar-refractivity contribution in [2.75, 3.05) is 26.2 Å². The Kier molecular flexibility index (Phi) is 6.98. The summed E-state index contributed by atoms with van der Waals surface area (Å²) in [6.07, 6.45) is 0.689. The van der Waals surface area contributed by atoms with Crippen LogP contribution in [0.2, 0.25) is 0 Å². The number of carbonyl (C=O) groups excluding carboxylic acids is 1. The normalized spacial score (nSPS) is 21.2. The molecule has 1 amide bonds. The topological polar surface area (TPSA) is 97.1 Å². The van der Waals surface area contributed by atoms with Gasteiger partial charge in [-0.25, -0.2) is 0 Å². The molecule has 32 heavy (non-hydrogen) atoms. The SMILES string of the molecule is Cc1cccc(C)c1C(C(N)=O)N1CCC(NCC(O)C2COc3ccccc3O2)CC1. The second kappa shape index (κ2) is 9.90. The number of rotatable bonds is 7. The van der Waals surface area contributed by atoms with E-state index in [1.54, 1.807) is 0 Å². The Balaban J connectivity index is 1.30. The summed E-state index contributed by atoms with van der Waals surface area (Å²) in [6, 6.07) is 13.4. The molecular weight excluding hydrogens is 406 g/mol. The molecule has 1 saturated heterocycles. The summed E-state index contributed by atoms with van der Waals surface area (Å²) < 4.78 is 11.6. The van der Waals surface area contributed by atoms with Crippen LogP contribution in [0.5, 0.6) is 11.5 Å². The second-order valence-corrected chi connectivity index (χ2v) is 8.81. The number of fused-ring (bicyclic) bond motifs is 1. The molecule has 4 rings (SSSR count). The predicted octanol–water partition coefficient (Wildman–Crippen LogP) is 2.08. The molecule has 7 heteroatoms. The van der Waals surface area contributed by atoms with E-state index in [2.05, 4.69) is 10.2 Å². The Bertz CT molecular complexity index is 922. The first-order valence-corrected chi connectivity index (χ1v) is 11.3. The number of aryl methyl sites for hydroxylation is 2. The first-order chi connectivity index (χ1) is 15.4. The molecule has 172 valence electrons. The van der Waals surface area contributed by atoms with Crippen molar-refractivity contribution in [1.29, 1.82) is 0 Å². The van der Waals surface area contributed by atoms with Gasteiger partial charge in [-0.2, -0.15) is 0 Å². The Morgan fingerprint density at radius 1 is 1.12 bits per heavy atom. The third-order valence-corrected chi connectivity index (χ3v) is 6.56. The van der Waals surface area contributed by atoms with Crippen LogP contribution in [0.15, 0.2) is 42.5 Å². The van der Waals surface area contributed by atoms with Gasteiger partial charge in [-0.1, -0.05) is 30.3 Å². The summed E-state index contributed by atoms with van der Waals surface area (Å²) in [4.78, 5) is 14.6. The van der Waals surface area contributed by atoms with Crippen molar-refractivity contribution >= 4 is 5.91 Å². The molecule has 0 aromatic heterocycles. The van der Waals surface area contributed by atoms with E-state index in [4.69, 9.17) is 15.2 Å². The number of hydrogen-bond donors (Lipinski definition) is 3. The number of aliphatic hydroxyl groups is 1. The number of ether oxygens (including phenoxy) is 2. The van der Waals surface area contributed by atoms with E-state index in [9.17, 15) is 9.90 Å². The molecule has 7 nitrogen and oxygen atoms in total. The number of amides is 1. The van der Waals surface area contributed by atoms with Crippen LogP contribution in [0.3, 0.4) is 0 Å². The van der Waals surface area contributed by atoms with Gasteiger partial charge in [0.05, 0.1) is 0 Å². The highest BCUT2D eigenvalue weighted by Crippen LogP contribution is 2.32. The number of likely N-dealkylation sites (tertiary alicyclic amines) is 1. The van der Waals surface area contributed by atoms with Gasteiger partial charge < -0.3 is 25.6 Å². The lowest BCUT2D eigenvalue weighted by molar-refractivity contribution is -0.124. The highest BCUT2D eigenvalue weighted by molar-refractivity contribution is 5.82. The van der Waals surface area contributed by atoms with Crippen molar-refractivity contribution in [2.24, 2.45) is 5.73 Å². The fourth-order valence-electron chi connectivity index (χ4n) is 4.77. The number of hydrogen-bond acceptors (Lipinski definition) is 6. The van der Waals surface area contributed by atoms with Gasteiger partial charge in [0.15, 0.2) is 17.6 Å². The van der Waals surface area contributed by atoms with Crippen LogP contribution in [-0.4, -0.2) is 60.4 Å². The maximum atomic E-state index is 12.4. The summed E-state index contributed by atoms with van der Waals surface area (Å²) in [7, 11) is 0. The largest absolute Gasteiger partial charge is 0.486 e. The molecule has 2 aromatic carbocycles. The highest BCUT2D eigenvalue weighted by atomic mass is 16.6. The number of aliphatic hydroxyl groups excluding tert-OH is 1. The molecule has 0 bridgehead atoms. The lowest BCUT2D eigenvalue weighted by Gasteiger charge is -2.38. The number of benzene rings is 2. The summed E-state index contributed by atoms with van der Waals surface area (Å²) in [5.74, 6) is 1.07. The van der Waals surface area contributed by atoms with Crippen LogP contribution in [0.4, 0.5) is 0 Å². The number of para-hydroxylation sites is 2. The fourth-order valence-corrected chi connectivity index (χ4v) is 4.77. The molecule has 1 fully saturated rings. The van der Waals surface area contributed by atoms with Crippen LogP contribution in [0.1, 0.15) is 35.6 Å². The first-order valence-electron chi connectivity index (χ1n) is 11.3. The molecule has 0 radical (unpaired) electrons. The van der Waals surface area contributed by atoms with Crippen molar-refractivity contribution in [1.82, 2.24) is 10.2 Å². The summed E-state index contributed by atoms with van der Waals surface area (Å²) in [5, 5.41) is 14.1. The molecule has 3 atom stereocenters. The zero-order valence-corrected chi connectivity index (χ0v) is 18.8. The maximum absolute atomic E-state index is 12.4. The van der Waals surface area contributed by atoms with E-state index in [1.807, 2.05) is 56.3 Å². The van der Waals surface area contributed by atoms with Crippen molar-refractivity contribution in [3.63, 3.8) is 0 Å². The first kappa shape index (κ1) is 22.6. The number of primary amides is 1. The second-order valence-electron chi connectivity index (χ2n) is 8.81. The Labute approximate surface area is 189 Å². The van der Waals surface area contributed by atoms with E-state index >= 15 is 0 Å². The molecule has 2 aliphatic rings. The van der Waals surface area contributed by atoms with E-state index in [0.29, 0.717) is 24.7 Å². The average Bonchev–Trinajstić information content (AvgIpc) is 2.80. The summed E-state index contributed by atoms with van der Waals surface area (Å²) >= 11 is 0. The molecule has 2 heterocycles. The third-order valence-electron chi connectivity index (χ3n) is 6.56. The Morgan fingerprint density at radius 2 is 1.78 bits per heavy atom. The van der Waals surface area contributed by atoms with Crippen molar-refractivity contribution < 1.29 is 19.4 Å². The number of nitrogens with one attached hydrogen (secondary N) is 1. The van der Waals surface area contributed by atoms with Crippen molar-refractivity contribution in [2.45, 2.75) is 51.0 Å². The lowest BCUT2D eigenvalue weighted by Crippen LogP contribution is -2.50. The van der Waals surface area contributed by atoms with Crippen LogP contribution in [0.25, 0.3) is 0 Å². The van der Waals surface area contributed by atoms with Gasteiger partial charge in [-0.15, -0.1) is 0 Å². The van der Waals surface area contributed by atoms with Gasteiger partial charge in [0.1, 0.15) is 18.8 Å². The molecular formula is C25H33N3O4. The summed E-state index contributed by atoms with van der Waals surface area (Å²) in [5.41, 5.74) is 9.04.